The summed E-state index contributed by atoms with van der Waals surface area (Å²) in [6.45, 7) is 3.29. The summed E-state index contributed by atoms with van der Waals surface area (Å²) in [5, 5.41) is 2.85. The van der Waals surface area contributed by atoms with Gasteiger partial charge in [0.15, 0.2) is 17.3 Å². The molecule has 9 heteroatoms. The summed E-state index contributed by atoms with van der Waals surface area (Å²) in [7, 11) is 4.59. The number of esters is 1. The maximum atomic E-state index is 13.0. The number of benzene rings is 2. The zero-order valence-electron chi connectivity index (χ0n) is 19.8. The molecule has 180 valence electrons. The van der Waals surface area contributed by atoms with E-state index in [4.69, 9.17) is 18.9 Å². The molecule has 9 nitrogen and oxygen atoms in total. The molecule has 1 heterocycles. The first-order valence-electron chi connectivity index (χ1n) is 10.7. The van der Waals surface area contributed by atoms with Crippen molar-refractivity contribution < 1.29 is 33.3 Å². The van der Waals surface area contributed by atoms with E-state index in [1.807, 2.05) is 0 Å². The van der Waals surface area contributed by atoms with Crippen molar-refractivity contribution >= 4 is 17.8 Å². The van der Waals surface area contributed by atoms with Crippen molar-refractivity contribution in [1.82, 2.24) is 10.2 Å². The number of carbonyl (C=O) groups is 3. The maximum Gasteiger partial charge on any atom is 0.338 e. The largest absolute Gasteiger partial charge is 0.493 e. The fourth-order valence-electron chi connectivity index (χ4n) is 3.60. The summed E-state index contributed by atoms with van der Waals surface area (Å²) in [5.74, 6) is 0.840. The fraction of sp³-hybridized carbons (Fsp3) is 0.320. The third-order valence-corrected chi connectivity index (χ3v) is 5.45. The number of rotatable bonds is 9. The van der Waals surface area contributed by atoms with E-state index in [0.717, 1.165) is 0 Å². The minimum atomic E-state index is -0.791. The van der Waals surface area contributed by atoms with Crippen molar-refractivity contribution in [3.63, 3.8) is 0 Å². The van der Waals surface area contributed by atoms with Crippen LogP contribution in [-0.2, 0) is 9.53 Å². The lowest BCUT2D eigenvalue weighted by molar-refractivity contribution is -0.139. The van der Waals surface area contributed by atoms with E-state index in [-0.39, 0.29) is 24.6 Å². The van der Waals surface area contributed by atoms with Gasteiger partial charge in [0, 0.05) is 12.6 Å². The van der Waals surface area contributed by atoms with Crippen LogP contribution in [0.4, 0.5) is 4.79 Å². The van der Waals surface area contributed by atoms with E-state index in [9.17, 15) is 14.4 Å². The van der Waals surface area contributed by atoms with Crippen LogP contribution in [-0.4, -0.2) is 57.2 Å². The Morgan fingerprint density at radius 2 is 1.71 bits per heavy atom. The highest BCUT2D eigenvalue weighted by Crippen LogP contribution is 2.36. The molecule has 0 aliphatic carbocycles. The molecule has 0 bridgehead atoms. The van der Waals surface area contributed by atoms with Crippen LogP contribution < -0.4 is 19.5 Å². The van der Waals surface area contributed by atoms with Crippen LogP contribution in [0.1, 0.15) is 35.8 Å². The molecule has 0 saturated carbocycles. The molecule has 2 aromatic rings. The summed E-state index contributed by atoms with van der Waals surface area (Å²) in [5.41, 5.74) is 1.78. The van der Waals surface area contributed by atoms with Crippen LogP contribution in [0.5, 0.6) is 17.2 Å². The fourth-order valence-corrected chi connectivity index (χ4v) is 3.60. The van der Waals surface area contributed by atoms with E-state index < -0.39 is 18.0 Å². The van der Waals surface area contributed by atoms with Gasteiger partial charge >= 0.3 is 12.0 Å². The van der Waals surface area contributed by atoms with Crippen molar-refractivity contribution in [2.24, 2.45) is 0 Å². The normalized spacial score (nSPS) is 15.5. The molecule has 1 atom stereocenters. The number of nitrogens with zero attached hydrogens (tertiary/aromatic N) is 1. The second-order valence-electron chi connectivity index (χ2n) is 7.51. The molecular formula is C25H28N2O7. The van der Waals surface area contributed by atoms with Crippen LogP contribution in [0, 0.1) is 0 Å². The van der Waals surface area contributed by atoms with E-state index in [1.165, 1.54) is 26.0 Å². The molecular weight excluding hydrogens is 440 g/mol. The predicted molar refractivity (Wildman–Crippen MR) is 124 cm³/mol. The van der Waals surface area contributed by atoms with Gasteiger partial charge in [-0.15, -0.1) is 0 Å². The molecule has 0 unspecified atom stereocenters. The van der Waals surface area contributed by atoms with E-state index in [1.54, 1.807) is 56.4 Å². The Morgan fingerprint density at radius 3 is 2.29 bits per heavy atom. The Kier molecular flexibility index (Phi) is 7.78. The van der Waals surface area contributed by atoms with Crippen molar-refractivity contribution in [3.8, 4) is 17.2 Å². The lowest BCUT2D eigenvalue weighted by Gasteiger charge is -2.34. The zero-order valence-corrected chi connectivity index (χ0v) is 19.8. The van der Waals surface area contributed by atoms with Gasteiger partial charge in [-0.2, -0.15) is 0 Å². The summed E-state index contributed by atoms with van der Waals surface area (Å²) >= 11 is 0. The molecule has 1 N–H and O–H groups in total. The van der Waals surface area contributed by atoms with Crippen molar-refractivity contribution in [2.75, 3.05) is 34.5 Å². The molecule has 2 aromatic carbocycles. The van der Waals surface area contributed by atoms with Crippen LogP contribution in [0.2, 0.25) is 0 Å². The van der Waals surface area contributed by atoms with Gasteiger partial charge in [0.2, 0.25) is 0 Å². The first-order valence-corrected chi connectivity index (χ1v) is 10.7. The molecule has 0 radical (unpaired) electrons. The first kappa shape index (κ1) is 24.6. The Morgan fingerprint density at radius 1 is 1.03 bits per heavy atom. The van der Waals surface area contributed by atoms with Crippen LogP contribution >= 0.6 is 0 Å². The number of methoxy groups -OCH3 is 2. The Bertz CT molecular complexity index is 1110. The third kappa shape index (κ3) is 5.14. The summed E-state index contributed by atoms with van der Waals surface area (Å²) in [4.78, 5) is 38.7. The molecule has 0 aromatic heterocycles. The number of likely N-dealkylation sites (N-methyl/N-ethyl adjacent to an activating group) is 1. The molecule has 3 rings (SSSR count). The van der Waals surface area contributed by atoms with Crippen molar-refractivity contribution in [1.29, 1.82) is 0 Å². The number of amides is 2. The lowest BCUT2D eigenvalue weighted by atomic mass is 9.94. The predicted octanol–water partition coefficient (Wildman–Crippen LogP) is 3.50. The standard InChI is InChI=1S/C25H28N2O7/c1-6-33-24(29)22-19(14-34-18-10-7-16(8-11-18)15(2)28)27(3)25(30)26-23(22)17-9-12-20(31-4)21(13-17)32-5/h7-13,23H,6,14H2,1-5H3,(H,26,30)/t23-/m1/s1. The minimum absolute atomic E-state index is 0.0553. The zero-order chi connectivity index (χ0) is 24.8. The van der Waals surface area contributed by atoms with E-state index >= 15 is 0 Å². The monoisotopic (exact) mass is 468 g/mol. The number of hydrogen-bond donors (Lipinski definition) is 1. The van der Waals surface area contributed by atoms with E-state index in [2.05, 4.69) is 5.32 Å². The number of urea groups is 1. The highest BCUT2D eigenvalue weighted by Gasteiger charge is 2.37. The molecule has 0 saturated heterocycles. The van der Waals surface area contributed by atoms with Crippen LogP contribution in [0.25, 0.3) is 0 Å². The Balaban J connectivity index is 2.02. The van der Waals surface area contributed by atoms with Gasteiger partial charge < -0.3 is 24.3 Å². The summed E-state index contributed by atoms with van der Waals surface area (Å²) in [6, 6.07) is 10.6. The van der Waals surface area contributed by atoms with Gasteiger partial charge in [-0.05, 0) is 55.8 Å². The number of Topliss-reactive ketones (excluding diaryl/α,β-unsaturated/α-hetero) is 1. The molecule has 2 amide bonds. The summed E-state index contributed by atoms with van der Waals surface area (Å²) < 4.78 is 21.9. The minimum Gasteiger partial charge on any atom is -0.493 e. The number of hydrogen-bond acceptors (Lipinski definition) is 7. The van der Waals surface area contributed by atoms with Crippen LogP contribution in [0.15, 0.2) is 53.7 Å². The number of nitrogens with one attached hydrogen (secondary N) is 1. The van der Waals surface area contributed by atoms with Gasteiger partial charge in [0.1, 0.15) is 12.4 Å². The highest BCUT2D eigenvalue weighted by molar-refractivity contribution is 5.95. The summed E-state index contributed by atoms with van der Waals surface area (Å²) in [6.07, 6.45) is 0. The van der Waals surface area contributed by atoms with Gasteiger partial charge in [-0.3, -0.25) is 9.69 Å². The third-order valence-electron chi connectivity index (χ3n) is 5.45. The molecule has 1 aliphatic rings. The smallest absolute Gasteiger partial charge is 0.338 e. The topological polar surface area (TPSA) is 103 Å². The Labute approximate surface area is 198 Å². The maximum absolute atomic E-state index is 13.0. The Hall–Kier alpha value is -4.01. The second-order valence-corrected chi connectivity index (χ2v) is 7.51. The molecule has 0 spiro atoms. The number of carbonyl (C=O) groups excluding carboxylic acids is 3. The van der Waals surface area contributed by atoms with E-state index in [0.29, 0.717) is 34.1 Å². The van der Waals surface area contributed by atoms with Gasteiger partial charge in [-0.25, -0.2) is 9.59 Å². The second kappa shape index (κ2) is 10.7. The van der Waals surface area contributed by atoms with Crippen molar-refractivity contribution in [3.05, 3.63) is 64.9 Å². The molecule has 34 heavy (non-hydrogen) atoms. The molecule has 1 aliphatic heterocycles. The highest BCUT2D eigenvalue weighted by atomic mass is 16.5. The van der Waals surface area contributed by atoms with Crippen LogP contribution in [0.3, 0.4) is 0 Å². The average Bonchev–Trinajstić information content (AvgIpc) is 2.84. The number of ether oxygens (including phenoxy) is 4. The van der Waals surface area contributed by atoms with Gasteiger partial charge in [-0.1, -0.05) is 6.07 Å². The quantitative estimate of drug-likeness (QED) is 0.444. The SMILES string of the molecule is CCOC(=O)C1=C(COc2ccc(C(C)=O)cc2)N(C)C(=O)N[C@@H]1c1ccc(OC)c(OC)c1. The first-order chi connectivity index (χ1) is 16.3. The molecule has 0 fully saturated rings. The van der Waals surface area contributed by atoms with Gasteiger partial charge in [0.05, 0.1) is 38.1 Å². The van der Waals surface area contributed by atoms with Gasteiger partial charge in [0.25, 0.3) is 0 Å². The van der Waals surface area contributed by atoms with Crippen molar-refractivity contribution in [2.45, 2.75) is 19.9 Å². The average molecular weight is 469 g/mol. The lowest BCUT2D eigenvalue weighted by Crippen LogP contribution is -2.48. The number of ketones is 1.